The molecule has 2 heterocycles. The Labute approximate surface area is 101 Å². The Kier molecular flexibility index (Phi) is 4.11. The van der Waals surface area contributed by atoms with E-state index >= 15 is 0 Å². The Morgan fingerprint density at radius 2 is 2.29 bits per heavy atom. The van der Waals surface area contributed by atoms with Gasteiger partial charge in [0, 0.05) is 39.4 Å². The van der Waals surface area contributed by atoms with Crippen LogP contribution >= 0.6 is 0 Å². The van der Waals surface area contributed by atoms with Crippen LogP contribution in [-0.2, 0) is 11.8 Å². The molecule has 6 heteroatoms. The van der Waals surface area contributed by atoms with E-state index in [0.29, 0.717) is 12.2 Å². The van der Waals surface area contributed by atoms with E-state index < -0.39 is 0 Å². The molecule has 0 aliphatic carbocycles. The molecule has 1 fully saturated rings. The van der Waals surface area contributed by atoms with Crippen LogP contribution in [0.4, 0.5) is 0 Å². The minimum absolute atomic E-state index is 0.112. The summed E-state index contributed by atoms with van der Waals surface area (Å²) in [5.41, 5.74) is 0.467. The number of nitrogens with zero attached hydrogens (tertiary/aromatic N) is 3. The van der Waals surface area contributed by atoms with Crippen molar-refractivity contribution in [3.05, 3.63) is 18.0 Å². The lowest BCUT2D eigenvalue weighted by atomic mass is 10.4. The van der Waals surface area contributed by atoms with Crippen molar-refractivity contribution in [3.8, 4) is 0 Å². The number of ether oxygens (including phenoxy) is 1. The van der Waals surface area contributed by atoms with E-state index in [4.69, 9.17) is 4.74 Å². The molecule has 1 aliphatic rings. The molecule has 1 aromatic heterocycles. The maximum absolute atomic E-state index is 11.7. The van der Waals surface area contributed by atoms with Gasteiger partial charge in [0.15, 0.2) is 0 Å². The molecule has 1 aliphatic heterocycles. The van der Waals surface area contributed by atoms with Gasteiger partial charge in [-0.25, -0.2) is 0 Å². The second-order valence-electron chi connectivity index (χ2n) is 4.08. The summed E-state index contributed by atoms with van der Waals surface area (Å²) in [6, 6.07) is 1.71. The summed E-state index contributed by atoms with van der Waals surface area (Å²) in [5, 5.41) is 6.91. The summed E-state index contributed by atoms with van der Waals surface area (Å²) in [4.78, 5) is 13.9. The van der Waals surface area contributed by atoms with Gasteiger partial charge in [-0.15, -0.1) is 0 Å². The van der Waals surface area contributed by atoms with Gasteiger partial charge in [-0.3, -0.25) is 14.4 Å². The quantitative estimate of drug-likeness (QED) is 0.767. The average Bonchev–Trinajstić information content (AvgIpc) is 2.77. The second-order valence-corrected chi connectivity index (χ2v) is 4.08. The van der Waals surface area contributed by atoms with Crippen LogP contribution in [0.15, 0.2) is 12.3 Å². The lowest BCUT2D eigenvalue weighted by Crippen LogP contribution is -2.41. The minimum atomic E-state index is -0.112. The average molecular weight is 238 g/mol. The maximum atomic E-state index is 11.7. The number of carbonyl (C=O) groups is 1. The number of aromatic nitrogens is 2. The van der Waals surface area contributed by atoms with Crippen LogP contribution in [0.2, 0.25) is 0 Å². The highest BCUT2D eigenvalue weighted by Crippen LogP contribution is 1.96. The van der Waals surface area contributed by atoms with Gasteiger partial charge in [-0.2, -0.15) is 5.10 Å². The lowest BCUT2D eigenvalue weighted by Gasteiger charge is -2.26. The summed E-state index contributed by atoms with van der Waals surface area (Å²) < 4.78 is 6.88. The van der Waals surface area contributed by atoms with Gasteiger partial charge in [-0.1, -0.05) is 0 Å². The Hall–Kier alpha value is -1.40. The van der Waals surface area contributed by atoms with Crippen LogP contribution in [0.1, 0.15) is 10.5 Å². The first-order valence-electron chi connectivity index (χ1n) is 5.83. The molecule has 0 bridgehead atoms. The highest BCUT2D eigenvalue weighted by Gasteiger charge is 2.11. The van der Waals surface area contributed by atoms with Crippen LogP contribution in [-0.4, -0.2) is 60.0 Å². The van der Waals surface area contributed by atoms with Crippen LogP contribution in [0.3, 0.4) is 0 Å². The Morgan fingerprint density at radius 1 is 1.53 bits per heavy atom. The van der Waals surface area contributed by atoms with E-state index in [-0.39, 0.29) is 5.91 Å². The van der Waals surface area contributed by atoms with E-state index in [1.54, 1.807) is 24.0 Å². The number of hydrogen-bond donors (Lipinski definition) is 1. The first-order valence-corrected chi connectivity index (χ1v) is 5.83. The van der Waals surface area contributed by atoms with Crippen molar-refractivity contribution in [2.45, 2.75) is 0 Å². The van der Waals surface area contributed by atoms with Gasteiger partial charge in [0.05, 0.1) is 13.2 Å². The normalized spacial score (nSPS) is 17.0. The molecule has 0 unspecified atom stereocenters. The van der Waals surface area contributed by atoms with Crippen molar-refractivity contribution in [3.63, 3.8) is 0 Å². The minimum Gasteiger partial charge on any atom is -0.379 e. The van der Waals surface area contributed by atoms with Crippen molar-refractivity contribution in [2.75, 3.05) is 39.4 Å². The molecule has 1 aromatic rings. The van der Waals surface area contributed by atoms with Crippen molar-refractivity contribution in [1.29, 1.82) is 0 Å². The zero-order valence-corrected chi connectivity index (χ0v) is 10.1. The van der Waals surface area contributed by atoms with Crippen LogP contribution < -0.4 is 5.32 Å². The molecular weight excluding hydrogens is 220 g/mol. The topological polar surface area (TPSA) is 59.4 Å². The van der Waals surface area contributed by atoms with Gasteiger partial charge >= 0.3 is 0 Å². The summed E-state index contributed by atoms with van der Waals surface area (Å²) in [7, 11) is 1.80. The van der Waals surface area contributed by atoms with E-state index in [1.807, 2.05) is 0 Å². The fraction of sp³-hybridized carbons (Fsp3) is 0.636. The molecule has 1 N–H and O–H groups in total. The summed E-state index contributed by atoms with van der Waals surface area (Å²) >= 11 is 0. The SMILES string of the molecule is Cn1ccc(C(=O)NCCN2CCOCC2)n1. The fourth-order valence-electron chi connectivity index (χ4n) is 1.78. The van der Waals surface area contributed by atoms with Gasteiger partial charge in [0.1, 0.15) is 5.69 Å². The van der Waals surface area contributed by atoms with Gasteiger partial charge < -0.3 is 10.1 Å². The number of rotatable bonds is 4. The van der Waals surface area contributed by atoms with Crippen LogP contribution in [0.5, 0.6) is 0 Å². The van der Waals surface area contributed by atoms with Crippen LogP contribution in [0.25, 0.3) is 0 Å². The largest absolute Gasteiger partial charge is 0.379 e. The van der Waals surface area contributed by atoms with E-state index in [0.717, 1.165) is 32.8 Å². The second kappa shape index (κ2) is 5.79. The van der Waals surface area contributed by atoms with Gasteiger partial charge in [-0.05, 0) is 6.07 Å². The third kappa shape index (κ3) is 3.54. The molecule has 6 nitrogen and oxygen atoms in total. The number of hydrogen-bond acceptors (Lipinski definition) is 4. The molecule has 1 saturated heterocycles. The van der Waals surface area contributed by atoms with Crippen molar-refractivity contribution in [2.24, 2.45) is 7.05 Å². The lowest BCUT2D eigenvalue weighted by molar-refractivity contribution is 0.0383. The van der Waals surface area contributed by atoms with E-state index in [1.165, 1.54) is 0 Å². The molecule has 0 aromatic carbocycles. The molecule has 17 heavy (non-hydrogen) atoms. The van der Waals surface area contributed by atoms with E-state index in [2.05, 4.69) is 15.3 Å². The zero-order valence-electron chi connectivity index (χ0n) is 10.1. The van der Waals surface area contributed by atoms with Gasteiger partial charge in [0.2, 0.25) is 0 Å². The predicted molar refractivity (Wildman–Crippen MR) is 62.8 cm³/mol. The van der Waals surface area contributed by atoms with Crippen molar-refractivity contribution in [1.82, 2.24) is 20.0 Å². The fourth-order valence-corrected chi connectivity index (χ4v) is 1.78. The highest BCUT2D eigenvalue weighted by molar-refractivity contribution is 5.92. The third-order valence-corrected chi connectivity index (χ3v) is 2.76. The molecule has 1 amide bonds. The van der Waals surface area contributed by atoms with Gasteiger partial charge in [0.25, 0.3) is 5.91 Å². The molecular formula is C11H18N4O2. The Morgan fingerprint density at radius 3 is 2.94 bits per heavy atom. The first-order chi connectivity index (χ1) is 8.25. The summed E-state index contributed by atoms with van der Waals surface area (Å²) in [6.07, 6.45) is 1.76. The van der Waals surface area contributed by atoms with Crippen molar-refractivity contribution >= 4 is 5.91 Å². The number of carbonyl (C=O) groups excluding carboxylic acids is 1. The molecule has 0 spiro atoms. The highest BCUT2D eigenvalue weighted by atomic mass is 16.5. The number of amides is 1. The maximum Gasteiger partial charge on any atom is 0.271 e. The Balaban J connectivity index is 1.69. The van der Waals surface area contributed by atoms with Crippen molar-refractivity contribution < 1.29 is 9.53 Å². The van der Waals surface area contributed by atoms with Crippen LogP contribution in [0, 0.1) is 0 Å². The molecule has 2 rings (SSSR count). The number of morpholine rings is 1. The molecule has 0 atom stereocenters. The van der Waals surface area contributed by atoms with E-state index in [9.17, 15) is 4.79 Å². The number of aryl methyl sites for hydroxylation is 1. The first kappa shape index (κ1) is 12.1. The standard InChI is InChI=1S/C11H18N4O2/c1-14-4-2-10(13-14)11(16)12-3-5-15-6-8-17-9-7-15/h2,4H,3,5-9H2,1H3,(H,12,16). The zero-order chi connectivity index (χ0) is 12.1. The number of nitrogens with one attached hydrogen (secondary N) is 1. The third-order valence-electron chi connectivity index (χ3n) is 2.76. The monoisotopic (exact) mass is 238 g/mol. The molecule has 94 valence electrons. The Bertz CT molecular complexity index is 371. The molecule has 0 saturated carbocycles. The predicted octanol–water partition coefficient (Wildman–Crippen LogP) is -0.518. The summed E-state index contributed by atoms with van der Waals surface area (Å²) in [5.74, 6) is -0.112. The summed E-state index contributed by atoms with van der Waals surface area (Å²) in [6.45, 7) is 4.97. The molecule has 0 radical (unpaired) electrons. The smallest absolute Gasteiger partial charge is 0.271 e.